The summed E-state index contributed by atoms with van der Waals surface area (Å²) in [4.78, 5) is 14.2. The maximum Gasteiger partial charge on any atom is 0.253 e. The summed E-state index contributed by atoms with van der Waals surface area (Å²) in [5, 5.41) is 3.53. The number of hydrogen-bond acceptors (Lipinski definition) is 2. The lowest BCUT2D eigenvalue weighted by atomic mass is 10.0. The predicted molar refractivity (Wildman–Crippen MR) is 78.4 cm³/mol. The van der Waals surface area contributed by atoms with Crippen LogP contribution < -0.4 is 5.32 Å². The number of hydrogen-bond donors (Lipinski definition) is 1. The Hall–Kier alpha value is -1.35. The molecule has 0 saturated carbocycles. The fourth-order valence-electron chi connectivity index (χ4n) is 2.64. The topological polar surface area (TPSA) is 32.3 Å². The molecule has 3 heteroatoms. The lowest BCUT2D eigenvalue weighted by molar-refractivity contribution is 0.0787. The number of carbonyl (C=O) groups excluding carboxylic acids is 1. The second-order valence-electron chi connectivity index (χ2n) is 5.48. The maximum atomic E-state index is 12.3. The minimum absolute atomic E-state index is 0.133. The lowest BCUT2D eigenvalue weighted by Gasteiger charge is -2.26. The van der Waals surface area contributed by atoms with Crippen LogP contribution in [0.5, 0.6) is 0 Å². The molecule has 1 aliphatic heterocycles. The summed E-state index contributed by atoms with van der Waals surface area (Å²) in [5.41, 5.74) is 1.87. The van der Waals surface area contributed by atoms with Crippen LogP contribution in [0.25, 0.3) is 0 Å². The molecule has 1 aromatic carbocycles. The van der Waals surface area contributed by atoms with Crippen molar-refractivity contribution < 1.29 is 4.79 Å². The lowest BCUT2D eigenvalue weighted by Crippen LogP contribution is -2.38. The number of rotatable bonds is 4. The molecule has 1 aliphatic rings. The van der Waals surface area contributed by atoms with Gasteiger partial charge in [0.15, 0.2) is 0 Å². The Morgan fingerprint density at radius 2 is 2.16 bits per heavy atom. The van der Waals surface area contributed by atoms with Gasteiger partial charge in [-0.05, 0) is 44.4 Å². The minimum atomic E-state index is 0.133. The van der Waals surface area contributed by atoms with Crippen molar-refractivity contribution in [2.24, 2.45) is 0 Å². The van der Waals surface area contributed by atoms with Crippen molar-refractivity contribution in [1.82, 2.24) is 10.2 Å². The SMILES string of the molecule is Cc1ccccc1C(=O)N(C)CCC1CCCCN1. The Labute approximate surface area is 116 Å². The van der Waals surface area contributed by atoms with E-state index in [4.69, 9.17) is 0 Å². The molecule has 1 fully saturated rings. The van der Waals surface area contributed by atoms with E-state index >= 15 is 0 Å². The van der Waals surface area contributed by atoms with E-state index in [9.17, 15) is 4.79 Å². The number of aryl methyl sites for hydroxylation is 1. The molecule has 19 heavy (non-hydrogen) atoms. The largest absolute Gasteiger partial charge is 0.342 e. The Morgan fingerprint density at radius 3 is 2.84 bits per heavy atom. The van der Waals surface area contributed by atoms with Crippen LogP contribution in [0.15, 0.2) is 24.3 Å². The number of piperidine rings is 1. The van der Waals surface area contributed by atoms with Crippen LogP contribution >= 0.6 is 0 Å². The van der Waals surface area contributed by atoms with Crippen molar-refractivity contribution in [3.05, 3.63) is 35.4 Å². The average molecular weight is 260 g/mol. The highest BCUT2D eigenvalue weighted by atomic mass is 16.2. The minimum Gasteiger partial charge on any atom is -0.342 e. The van der Waals surface area contributed by atoms with E-state index in [1.807, 2.05) is 43.1 Å². The first-order valence-electron chi connectivity index (χ1n) is 7.23. The number of nitrogens with zero attached hydrogens (tertiary/aromatic N) is 1. The maximum absolute atomic E-state index is 12.3. The quantitative estimate of drug-likeness (QED) is 0.902. The van der Waals surface area contributed by atoms with E-state index in [1.165, 1.54) is 19.3 Å². The van der Waals surface area contributed by atoms with E-state index in [0.717, 1.165) is 30.6 Å². The molecule has 1 heterocycles. The van der Waals surface area contributed by atoms with Crippen molar-refractivity contribution in [1.29, 1.82) is 0 Å². The second-order valence-corrected chi connectivity index (χ2v) is 5.48. The van der Waals surface area contributed by atoms with Crippen LogP contribution in [0.4, 0.5) is 0 Å². The summed E-state index contributed by atoms with van der Waals surface area (Å²) >= 11 is 0. The zero-order valence-corrected chi connectivity index (χ0v) is 12.0. The molecule has 3 nitrogen and oxygen atoms in total. The molecule has 0 aromatic heterocycles. The summed E-state index contributed by atoms with van der Waals surface area (Å²) in [7, 11) is 1.90. The van der Waals surface area contributed by atoms with Crippen LogP contribution in [-0.4, -0.2) is 37.0 Å². The van der Waals surface area contributed by atoms with E-state index in [-0.39, 0.29) is 5.91 Å². The molecule has 1 saturated heterocycles. The van der Waals surface area contributed by atoms with E-state index in [0.29, 0.717) is 6.04 Å². The molecular weight excluding hydrogens is 236 g/mol. The van der Waals surface area contributed by atoms with Crippen LogP contribution in [0.2, 0.25) is 0 Å². The van der Waals surface area contributed by atoms with Gasteiger partial charge in [-0.1, -0.05) is 24.6 Å². The molecule has 0 bridgehead atoms. The first-order valence-corrected chi connectivity index (χ1v) is 7.23. The fourth-order valence-corrected chi connectivity index (χ4v) is 2.64. The number of amides is 1. The molecule has 0 radical (unpaired) electrons. The van der Waals surface area contributed by atoms with Crippen molar-refractivity contribution in [3.63, 3.8) is 0 Å². The summed E-state index contributed by atoms with van der Waals surface area (Å²) in [6, 6.07) is 8.38. The Bertz CT molecular complexity index is 425. The molecule has 1 N–H and O–H groups in total. The Kier molecular flexibility index (Phi) is 4.97. The van der Waals surface area contributed by atoms with Crippen LogP contribution in [0, 0.1) is 6.92 Å². The molecule has 0 aliphatic carbocycles. The Balaban J connectivity index is 1.87. The van der Waals surface area contributed by atoms with Gasteiger partial charge in [0.25, 0.3) is 5.91 Å². The van der Waals surface area contributed by atoms with Gasteiger partial charge in [-0.3, -0.25) is 4.79 Å². The number of nitrogens with one attached hydrogen (secondary N) is 1. The van der Waals surface area contributed by atoms with E-state index in [2.05, 4.69) is 5.32 Å². The standard InChI is InChI=1S/C16H24N2O/c1-13-7-3-4-9-15(13)16(19)18(2)12-10-14-8-5-6-11-17-14/h3-4,7,9,14,17H,5-6,8,10-12H2,1-2H3. The highest BCUT2D eigenvalue weighted by molar-refractivity contribution is 5.95. The van der Waals surface area contributed by atoms with Crippen LogP contribution in [0.1, 0.15) is 41.6 Å². The van der Waals surface area contributed by atoms with Gasteiger partial charge in [0.1, 0.15) is 0 Å². The van der Waals surface area contributed by atoms with Gasteiger partial charge in [0.2, 0.25) is 0 Å². The smallest absolute Gasteiger partial charge is 0.253 e. The third kappa shape index (κ3) is 3.80. The van der Waals surface area contributed by atoms with Gasteiger partial charge >= 0.3 is 0 Å². The van der Waals surface area contributed by atoms with Crippen molar-refractivity contribution in [2.75, 3.05) is 20.1 Å². The Morgan fingerprint density at radius 1 is 1.37 bits per heavy atom. The third-order valence-electron chi connectivity index (χ3n) is 3.95. The molecular formula is C16H24N2O. The number of carbonyl (C=O) groups is 1. The molecule has 1 unspecified atom stereocenters. The first-order chi connectivity index (χ1) is 9.18. The van der Waals surface area contributed by atoms with Gasteiger partial charge in [-0.15, -0.1) is 0 Å². The summed E-state index contributed by atoms with van der Waals surface area (Å²) < 4.78 is 0. The summed E-state index contributed by atoms with van der Waals surface area (Å²) in [6.07, 6.45) is 4.89. The van der Waals surface area contributed by atoms with Crippen molar-refractivity contribution in [2.45, 2.75) is 38.6 Å². The van der Waals surface area contributed by atoms with E-state index in [1.54, 1.807) is 0 Å². The zero-order valence-electron chi connectivity index (χ0n) is 12.0. The van der Waals surface area contributed by atoms with Gasteiger partial charge in [0.05, 0.1) is 0 Å². The molecule has 1 aromatic rings. The molecule has 0 spiro atoms. The number of benzene rings is 1. The molecule has 1 atom stereocenters. The zero-order chi connectivity index (χ0) is 13.7. The monoisotopic (exact) mass is 260 g/mol. The highest BCUT2D eigenvalue weighted by Crippen LogP contribution is 2.13. The highest BCUT2D eigenvalue weighted by Gasteiger charge is 2.17. The molecule has 2 rings (SSSR count). The fraction of sp³-hybridized carbons (Fsp3) is 0.562. The van der Waals surface area contributed by atoms with Gasteiger partial charge in [0, 0.05) is 25.2 Å². The van der Waals surface area contributed by atoms with Crippen molar-refractivity contribution >= 4 is 5.91 Å². The summed E-state index contributed by atoms with van der Waals surface area (Å²) in [5.74, 6) is 0.133. The predicted octanol–water partition coefficient (Wildman–Crippen LogP) is 2.60. The van der Waals surface area contributed by atoms with Gasteiger partial charge < -0.3 is 10.2 Å². The van der Waals surface area contributed by atoms with Gasteiger partial charge in [-0.2, -0.15) is 0 Å². The van der Waals surface area contributed by atoms with Gasteiger partial charge in [-0.25, -0.2) is 0 Å². The third-order valence-corrected chi connectivity index (χ3v) is 3.95. The second kappa shape index (κ2) is 6.71. The first kappa shape index (κ1) is 14.1. The van der Waals surface area contributed by atoms with Crippen LogP contribution in [-0.2, 0) is 0 Å². The average Bonchev–Trinajstić information content (AvgIpc) is 2.45. The van der Waals surface area contributed by atoms with Crippen molar-refractivity contribution in [3.8, 4) is 0 Å². The normalized spacial score (nSPS) is 19.2. The molecule has 1 amide bonds. The van der Waals surface area contributed by atoms with E-state index < -0.39 is 0 Å². The molecule has 104 valence electrons. The van der Waals surface area contributed by atoms with Crippen LogP contribution in [0.3, 0.4) is 0 Å². The summed E-state index contributed by atoms with van der Waals surface area (Å²) in [6.45, 7) is 3.94.